The standard InChI is InChI=1S/C13H13NO3/c15-11-10-6-13(10,7-14-11)8-17-12(16)9-4-2-1-3-5-9/h1-5,10H,6-8H2,(H,14,15)/t10?,13-/m0/s1. The first-order valence-electron chi connectivity index (χ1n) is 5.71. The molecule has 88 valence electrons. The van der Waals surface area contributed by atoms with Gasteiger partial charge in [-0.2, -0.15) is 0 Å². The molecule has 1 heterocycles. The Bertz CT molecular complexity index is 471. The van der Waals surface area contributed by atoms with Crippen molar-refractivity contribution in [2.45, 2.75) is 6.42 Å². The molecule has 1 N–H and O–H groups in total. The first-order chi connectivity index (χ1) is 8.21. The van der Waals surface area contributed by atoms with Crippen molar-refractivity contribution >= 4 is 11.9 Å². The van der Waals surface area contributed by atoms with E-state index in [2.05, 4.69) is 5.32 Å². The molecule has 1 saturated heterocycles. The first-order valence-corrected chi connectivity index (χ1v) is 5.71. The minimum atomic E-state index is -0.315. The Balaban J connectivity index is 1.60. The highest BCUT2D eigenvalue weighted by molar-refractivity contribution is 5.89. The summed E-state index contributed by atoms with van der Waals surface area (Å²) >= 11 is 0. The van der Waals surface area contributed by atoms with E-state index in [-0.39, 0.29) is 23.2 Å². The third kappa shape index (κ3) is 1.69. The summed E-state index contributed by atoms with van der Waals surface area (Å²) in [5.74, 6) is -0.156. The fourth-order valence-electron chi connectivity index (χ4n) is 2.38. The topological polar surface area (TPSA) is 55.4 Å². The Morgan fingerprint density at radius 2 is 2.18 bits per heavy atom. The number of hydrogen-bond donors (Lipinski definition) is 1. The van der Waals surface area contributed by atoms with Crippen molar-refractivity contribution in [2.24, 2.45) is 11.3 Å². The van der Waals surface area contributed by atoms with E-state index in [1.54, 1.807) is 24.3 Å². The molecule has 0 aromatic heterocycles. The van der Waals surface area contributed by atoms with E-state index in [0.717, 1.165) is 6.42 Å². The maximum absolute atomic E-state index is 11.7. The van der Waals surface area contributed by atoms with E-state index in [0.29, 0.717) is 18.7 Å². The third-order valence-corrected chi connectivity index (χ3v) is 3.62. The number of nitrogens with one attached hydrogen (secondary N) is 1. The van der Waals surface area contributed by atoms with Gasteiger partial charge in [-0.3, -0.25) is 4.79 Å². The minimum absolute atomic E-state index is 0.0612. The highest BCUT2D eigenvalue weighted by Crippen LogP contribution is 2.55. The van der Waals surface area contributed by atoms with Crippen LogP contribution in [-0.2, 0) is 9.53 Å². The van der Waals surface area contributed by atoms with Crippen molar-refractivity contribution < 1.29 is 14.3 Å². The molecule has 4 heteroatoms. The van der Waals surface area contributed by atoms with E-state index >= 15 is 0 Å². The van der Waals surface area contributed by atoms with Crippen LogP contribution in [0.5, 0.6) is 0 Å². The van der Waals surface area contributed by atoms with Gasteiger partial charge in [-0.25, -0.2) is 4.79 Å². The zero-order valence-electron chi connectivity index (χ0n) is 9.31. The second-order valence-corrected chi connectivity index (χ2v) is 4.78. The first kappa shape index (κ1) is 10.3. The van der Waals surface area contributed by atoms with E-state index in [4.69, 9.17) is 4.74 Å². The van der Waals surface area contributed by atoms with Gasteiger partial charge in [-0.1, -0.05) is 18.2 Å². The van der Waals surface area contributed by atoms with Crippen molar-refractivity contribution in [3.8, 4) is 0 Å². The van der Waals surface area contributed by atoms with Gasteiger partial charge in [0.2, 0.25) is 5.91 Å². The molecule has 0 bridgehead atoms. The number of esters is 1. The maximum Gasteiger partial charge on any atom is 0.338 e. The normalized spacial score (nSPS) is 29.4. The SMILES string of the molecule is O=C(OC[C@]12CNC(=O)C1C2)c1ccccc1. The molecular formula is C13H13NO3. The summed E-state index contributed by atoms with van der Waals surface area (Å²) in [5.41, 5.74) is 0.444. The van der Waals surface area contributed by atoms with Crippen LogP contribution in [0.25, 0.3) is 0 Å². The van der Waals surface area contributed by atoms with E-state index in [9.17, 15) is 9.59 Å². The number of ether oxygens (including phenoxy) is 1. The molecule has 4 nitrogen and oxygen atoms in total. The summed E-state index contributed by atoms with van der Waals surface area (Å²) in [5, 5.41) is 2.79. The Morgan fingerprint density at radius 1 is 1.41 bits per heavy atom. The van der Waals surface area contributed by atoms with Crippen LogP contribution in [-0.4, -0.2) is 25.0 Å². The van der Waals surface area contributed by atoms with E-state index in [1.165, 1.54) is 0 Å². The van der Waals surface area contributed by atoms with Gasteiger partial charge >= 0.3 is 5.97 Å². The smallest absolute Gasteiger partial charge is 0.338 e. The van der Waals surface area contributed by atoms with Crippen LogP contribution in [0.3, 0.4) is 0 Å². The number of benzene rings is 1. The number of carbonyl (C=O) groups is 2. The maximum atomic E-state index is 11.7. The number of fused-ring (bicyclic) bond motifs is 1. The van der Waals surface area contributed by atoms with E-state index in [1.807, 2.05) is 6.07 Å². The molecule has 1 aliphatic carbocycles. The fraction of sp³-hybridized carbons (Fsp3) is 0.385. The average Bonchev–Trinajstić information content (AvgIpc) is 3.02. The summed E-state index contributed by atoms with van der Waals surface area (Å²) in [6.45, 7) is 0.975. The van der Waals surface area contributed by atoms with Crippen LogP contribution >= 0.6 is 0 Å². The van der Waals surface area contributed by atoms with Crippen molar-refractivity contribution in [3.05, 3.63) is 35.9 Å². The summed E-state index contributed by atoms with van der Waals surface area (Å²) in [7, 11) is 0. The Kier molecular flexibility index (Phi) is 2.18. The molecule has 3 rings (SSSR count). The predicted molar refractivity (Wildman–Crippen MR) is 60.3 cm³/mol. The lowest BCUT2D eigenvalue weighted by Crippen LogP contribution is -2.24. The molecule has 1 aromatic carbocycles. The predicted octanol–water partition coefficient (Wildman–Crippen LogP) is 0.979. The van der Waals surface area contributed by atoms with Crippen LogP contribution in [0.1, 0.15) is 16.8 Å². The second kappa shape index (κ2) is 3.58. The molecule has 17 heavy (non-hydrogen) atoms. The zero-order chi connectivity index (χ0) is 11.9. The quantitative estimate of drug-likeness (QED) is 0.789. The number of hydrogen-bond acceptors (Lipinski definition) is 3. The lowest BCUT2D eigenvalue weighted by atomic mass is 10.1. The molecule has 2 atom stereocenters. The lowest BCUT2D eigenvalue weighted by molar-refractivity contribution is -0.120. The molecular weight excluding hydrogens is 218 g/mol. The van der Waals surface area contributed by atoms with E-state index < -0.39 is 0 Å². The highest BCUT2D eigenvalue weighted by atomic mass is 16.5. The van der Waals surface area contributed by atoms with Gasteiger partial charge in [0.15, 0.2) is 0 Å². The largest absolute Gasteiger partial charge is 0.461 e. The highest BCUT2D eigenvalue weighted by Gasteiger charge is 2.63. The van der Waals surface area contributed by atoms with Gasteiger partial charge in [-0.05, 0) is 18.6 Å². The van der Waals surface area contributed by atoms with Crippen LogP contribution in [0.2, 0.25) is 0 Å². The van der Waals surface area contributed by atoms with Gasteiger partial charge < -0.3 is 10.1 Å². The molecule has 0 spiro atoms. The zero-order valence-corrected chi connectivity index (χ0v) is 9.31. The van der Waals surface area contributed by atoms with Crippen molar-refractivity contribution in [2.75, 3.05) is 13.2 Å². The summed E-state index contributed by atoms with van der Waals surface area (Å²) in [6, 6.07) is 8.90. The second-order valence-electron chi connectivity index (χ2n) is 4.78. The van der Waals surface area contributed by atoms with Gasteiger partial charge in [-0.15, -0.1) is 0 Å². The van der Waals surface area contributed by atoms with Crippen LogP contribution in [0.4, 0.5) is 0 Å². The van der Waals surface area contributed by atoms with Crippen LogP contribution in [0.15, 0.2) is 30.3 Å². The molecule has 1 amide bonds. The molecule has 1 aliphatic heterocycles. The number of amides is 1. The molecule has 1 saturated carbocycles. The Labute approximate surface area is 99.0 Å². The molecule has 2 aliphatic rings. The monoisotopic (exact) mass is 231 g/mol. The number of carbonyl (C=O) groups excluding carboxylic acids is 2. The molecule has 2 fully saturated rings. The minimum Gasteiger partial charge on any atom is -0.461 e. The van der Waals surface area contributed by atoms with Crippen molar-refractivity contribution in [1.29, 1.82) is 0 Å². The number of rotatable bonds is 3. The average molecular weight is 231 g/mol. The van der Waals surface area contributed by atoms with Gasteiger partial charge in [0.25, 0.3) is 0 Å². The third-order valence-electron chi connectivity index (χ3n) is 3.62. The molecule has 0 radical (unpaired) electrons. The van der Waals surface area contributed by atoms with Gasteiger partial charge in [0, 0.05) is 17.9 Å². The Morgan fingerprint density at radius 3 is 2.76 bits per heavy atom. The summed E-state index contributed by atoms with van der Waals surface area (Å²) < 4.78 is 5.27. The summed E-state index contributed by atoms with van der Waals surface area (Å²) in [6.07, 6.45) is 0.848. The fourth-order valence-corrected chi connectivity index (χ4v) is 2.38. The van der Waals surface area contributed by atoms with Crippen LogP contribution in [0, 0.1) is 11.3 Å². The number of piperidine rings is 1. The van der Waals surface area contributed by atoms with Crippen molar-refractivity contribution in [1.82, 2.24) is 5.32 Å². The van der Waals surface area contributed by atoms with Crippen molar-refractivity contribution in [3.63, 3.8) is 0 Å². The lowest BCUT2D eigenvalue weighted by Gasteiger charge is -2.11. The molecule has 1 unspecified atom stereocenters. The van der Waals surface area contributed by atoms with Gasteiger partial charge in [0.05, 0.1) is 12.2 Å². The van der Waals surface area contributed by atoms with Gasteiger partial charge in [0.1, 0.15) is 0 Å². The molecule has 1 aromatic rings. The van der Waals surface area contributed by atoms with Crippen LogP contribution < -0.4 is 5.32 Å². The Hall–Kier alpha value is -1.84. The summed E-state index contributed by atoms with van der Waals surface area (Å²) in [4.78, 5) is 23.0.